The summed E-state index contributed by atoms with van der Waals surface area (Å²) < 4.78 is 1.13. The molecule has 3 atom stereocenters. The highest BCUT2D eigenvalue weighted by atomic mass is 32.2. The molecule has 1 aromatic rings. The molecule has 0 aliphatic heterocycles. The molecule has 1 aromatic heterocycles. The van der Waals surface area contributed by atoms with Gasteiger partial charge in [0.05, 0.1) is 0 Å². The van der Waals surface area contributed by atoms with E-state index in [0.717, 1.165) is 21.8 Å². The summed E-state index contributed by atoms with van der Waals surface area (Å²) in [5, 5.41) is 13.8. The van der Waals surface area contributed by atoms with Crippen molar-refractivity contribution in [1.82, 2.24) is 15.5 Å². The van der Waals surface area contributed by atoms with Crippen LogP contribution in [0.4, 0.5) is 0 Å². The van der Waals surface area contributed by atoms with Gasteiger partial charge in [-0.25, -0.2) is 0 Å². The molecule has 5 heteroatoms. The zero-order chi connectivity index (χ0) is 13.0. The average Bonchev–Trinajstić information content (AvgIpc) is 2.74. The number of nitrogens with zero attached hydrogens (tertiary/aromatic N) is 2. The van der Waals surface area contributed by atoms with E-state index in [1.54, 1.807) is 11.3 Å². The third-order valence-corrected chi connectivity index (χ3v) is 5.75. The molecule has 1 aliphatic carbocycles. The molecule has 102 valence electrons. The number of aryl methyl sites for hydroxylation is 1. The number of thioether (sulfide) groups is 1. The lowest BCUT2D eigenvalue weighted by molar-refractivity contribution is 0.317. The Labute approximate surface area is 118 Å². The molecule has 1 aliphatic rings. The molecule has 2 rings (SSSR count). The van der Waals surface area contributed by atoms with E-state index < -0.39 is 0 Å². The fourth-order valence-electron chi connectivity index (χ4n) is 2.48. The van der Waals surface area contributed by atoms with Gasteiger partial charge in [0.15, 0.2) is 4.34 Å². The Balaban J connectivity index is 1.96. The van der Waals surface area contributed by atoms with Crippen molar-refractivity contribution in [2.24, 2.45) is 5.92 Å². The number of nitrogens with one attached hydrogen (secondary N) is 1. The number of hydrogen-bond donors (Lipinski definition) is 1. The number of rotatable bonds is 5. The Kier molecular flexibility index (Phi) is 5.45. The summed E-state index contributed by atoms with van der Waals surface area (Å²) in [6.45, 7) is 7.76. The summed E-state index contributed by atoms with van der Waals surface area (Å²) in [5.74, 6) is 0.844. The third kappa shape index (κ3) is 3.93. The second kappa shape index (κ2) is 6.87. The first-order valence-corrected chi connectivity index (χ1v) is 8.58. The molecule has 1 fully saturated rings. The van der Waals surface area contributed by atoms with Crippen LogP contribution in [0, 0.1) is 12.8 Å². The first kappa shape index (κ1) is 14.3. The Morgan fingerprint density at radius 1 is 1.39 bits per heavy atom. The van der Waals surface area contributed by atoms with E-state index in [0.29, 0.717) is 11.3 Å². The van der Waals surface area contributed by atoms with Gasteiger partial charge in [0.2, 0.25) is 0 Å². The molecule has 0 saturated heterocycles. The molecule has 1 heterocycles. The quantitative estimate of drug-likeness (QED) is 0.898. The minimum absolute atomic E-state index is 0.648. The van der Waals surface area contributed by atoms with Crippen molar-refractivity contribution >= 4 is 23.1 Å². The summed E-state index contributed by atoms with van der Waals surface area (Å²) >= 11 is 3.65. The first-order chi connectivity index (χ1) is 8.69. The molecule has 1 saturated carbocycles. The van der Waals surface area contributed by atoms with Crippen LogP contribution in [0.25, 0.3) is 0 Å². The first-order valence-electron chi connectivity index (χ1n) is 6.89. The maximum Gasteiger partial charge on any atom is 0.174 e. The predicted octanol–water partition coefficient (Wildman–Crippen LogP) is 3.50. The zero-order valence-corrected chi connectivity index (χ0v) is 13.1. The van der Waals surface area contributed by atoms with E-state index in [1.807, 2.05) is 18.7 Å². The maximum absolute atomic E-state index is 4.25. The van der Waals surface area contributed by atoms with Crippen LogP contribution in [0.3, 0.4) is 0 Å². The minimum Gasteiger partial charge on any atom is -0.313 e. The lowest BCUT2D eigenvalue weighted by Gasteiger charge is -2.34. The van der Waals surface area contributed by atoms with E-state index in [9.17, 15) is 0 Å². The van der Waals surface area contributed by atoms with Crippen molar-refractivity contribution < 1.29 is 0 Å². The summed E-state index contributed by atoms with van der Waals surface area (Å²) in [6, 6.07) is 0.648. The van der Waals surface area contributed by atoms with E-state index in [2.05, 4.69) is 29.4 Å². The molecule has 0 amide bonds. The monoisotopic (exact) mass is 285 g/mol. The Bertz CT molecular complexity index is 365. The fraction of sp³-hybridized carbons (Fsp3) is 0.846. The van der Waals surface area contributed by atoms with Crippen molar-refractivity contribution in [3.63, 3.8) is 0 Å². The van der Waals surface area contributed by atoms with Crippen LogP contribution in [0.1, 0.15) is 44.5 Å². The molecule has 1 N–H and O–H groups in total. The van der Waals surface area contributed by atoms with Crippen molar-refractivity contribution in [1.29, 1.82) is 0 Å². The molecular formula is C13H23N3S2. The highest BCUT2D eigenvalue weighted by molar-refractivity contribution is 8.01. The van der Waals surface area contributed by atoms with Crippen molar-refractivity contribution in [3.8, 4) is 0 Å². The number of hydrogen-bond acceptors (Lipinski definition) is 5. The Hall–Kier alpha value is -0.130. The lowest BCUT2D eigenvalue weighted by atomic mass is 9.87. The normalized spacial score (nSPS) is 28.5. The smallest absolute Gasteiger partial charge is 0.174 e. The average molecular weight is 285 g/mol. The molecule has 0 bridgehead atoms. The summed E-state index contributed by atoms with van der Waals surface area (Å²) in [4.78, 5) is 0. The Morgan fingerprint density at radius 3 is 2.89 bits per heavy atom. The van der Waals surface area contributed by atoms with Gasteiger partial charge in [0.25, 0.3) is 0 Å². The van der Waals surface area contributed by atoms with Gasteiger partial charge in [-0.05, 0) is 45.1 Å². The molecule has 3 unspecified atom stereocenters. The van der Waals surface area contributed by atoms with E-state index in [4.69, 9.17) is 0 Å². The van der Waals surface area contributed by atoms with Gasteiger partial charge >= 0.3 is 0 Å². The molecule has 18 heavy (non-hydrogen) atoms. The van der Waals surface area contributed by atoms with Crippen LogP contribution in [0.15, 0.2) is 4.34 Å². The van der Waals surface area contributed by atoms with Gasteiger partial charge in [-0.2, -0.15) is 0 Å². The van der Waals surface area contributed by atoms with Crippen LogP contribution >= 0.6 is 23.1 Å². The lowest BCUT2D eigenvalue weighted by Crippen LogP contribution is -2.42. The topological polar surface area (TPSA) is 37.8 Å². The van der Waals surface area contributed by atoms with Crippen LogP contribution < -0.4 is 5.32 Å². The molecule has 3 nitrogen and oxygen atoms in total. The predicted molar refractivity (Wildman–Crippen MR) is 79.4 cm³/mol. The highest BCUT2D eigenvalue weighted by Crippen LogP contribution is 2.37. The van der Waals surface area contributed by atoms with Crippen molar-refractivity contribution in [2.45, 2.75) is 62.1 Å². The standard InChI is InChI=1S/C13H23N3S2/c1-4-7-14-11-6-5-9(2)8-12(11)18-13-16-15-10(3)17-13/h9,11-12,14H,4-8H2,1-3H3. The highest BCUT2D eigenvalue weighted by Gasteiger charge is 2.29. The minimum atomic E-state index is 0.648. The van der Waals surface area contributed by atoms with E-state index in [1.165, 1.54) is 25.7 Å². The Morgan fingerprint density at radius 2 is 2.22 bits per heavy atom. The van der Waals surface area contributed by atoms with Gasteiger partial charge < -0.3 is 5.32 Å². The number of aromatic nitrogens is 2. The van der Waals surface area contributed by atoms with Crippen LogP contribution in [0.2, 0.25) is 0 Å². The van der Waals surface area contributed by atoms with Crippen molar-refractivity contribution in [2.75, 3.05) is 6.54 Å². The zero-order valence-electron chi connectivity index (χ0n) is 11.5. The van der Waals surface area contributed by atoms with E-state index in [-0.39, 0.29) is 0 Å². The summed E-state index contributed by atoms with van der Waals surface area (Å²) in [6.07, 6.45) is 5.16. The largest absolute Gasteiger partial charge is 0.313 e. The summed E-state index contributed by atoms with van der Waals surface area (Å²) in [5.41, 5.74) is 0. The van der Waals surface area contributed by atoms with Crippen molar-refractivity contribution in [3.05, 3.63) is 5.01 Å². The van der Waals surface area contributed by atoms with E-state index >= 15 is 0 Å². The summed E-state index contributed by atoms with van der Waals surface area (Å²) in [7, 11) is 0. The maximum atomic E-state index is 4.25. The molecular weight excluding hydrogens is 262 g/mol. The van der Waals surface area contributed by atoms with Crippen LogP contribution in [-0.4, -0.2) is 28.0 Å². The molecule has 0 spiro atoms. The second-order valence-corrected chi connectivity index (χ2v) is 7.89. The van der Waals surface area contributed by atoms with Gasteiger partial charge in [0, 0.05) is 11.3 Å². The fourth-order valence-corrected chi connectivity index (χ4v) is 4.99. The SMILES string of the molecule is CCCNC1CCC(C)CC1Sc1nnc(C)s1. The molecule has 0 aromatic carbocycles. The van der Waals surface area contributed by atoms with Crippen LogP contribution in [-0.2, 0) is 0 Å². The van der Waals surface area contributed by atoms with Gasteiger partial charge in [-0.3, -0.25) is 0 Å². The second-order valence-electron chi connectivity index (χ2n) is 5.22. The van der Waals surface area contributed by atoms with Crippen LogP contribution in [0.5, 0.6) is 0 Å². The third-order valence-electron chi connectivity index (χ3n) is 3.47. The van der Waals surface area contributed by atoms with Gasteiger partial charge in [-0.1, -0.05) is 36.9 Å². The van der Waals surface area contributed by atoms with Gasteiger partial charge in [-0.15, -0.1) is 10.2 Å². The van der Waals surface area contributed by atoms with Gasteiger partial charge in [0.1, 0.15) is 5.01 Å². The molecule has 0 radical (unpaired) electrons.